The van der Waals surface area contributed by atoms with E-state index in [0.29, 0.717) is 29.4 Å². The zero-order valence-electron chi connectivity index (χ0n) is 13.8. The molecule has 0 radical (unpaired) electrons. The number of nitrogen functional groups attached to an aromatic ring is 1. The van der Waals surface area contributed by atoms with E-state index < -0.39 is 0 Å². The van der Waals surface area contributed by atoms with Gasteiger partial charge in [0.15, 0.2) is 11.5 Å². The lowest BCUT2D eigenvalue weighted by Gasteiger charge is -2.10. The third kappa shape index (κ3) is 4.49. The Labute approximate surface area is 141 Å². The summed E-state index contributed by atoms with van der Waals surface area (Å²) in [6.07, 6.45) is 2.45. The van der Waals surface area contributed by atoms with E-state index in [4.69, 9.17) is 15.2 Å². The van der Waals surface area contributed by atoms with Crippen LogP contribution in [0.15, 0.2) is 47.6 Å². The van der Waals surface area contributed by atoms with E-state index in [1.807, 2.05) is 19.1 Å². The van der Waals surface area contributed by atoms with E-state index in [9.17, 15) is 4.79 Å². The van der Waals surface area contributed by atoms with Crippen LogP contribution in [0.25, 0.3) is 0 Å². The molecule has 0 fully saturated rings. The summed E-state index contributed by atoms with van der Waals surface area (Å²) in [5.74, 6) is 0.933. The minimum atomic E-state index is -0.362. The Morgan fingerprint density at radius 3 is 2.75 bits per heavy atom. The Balaban J connectivity index is 2.04. The number of nitrogens with one attached hydrogen (secondary N) is 1. The lowest BCUT2D eigenvalue weighted by Crippen LogP contribution is -2.19. The molecule has 2 rings (SSSR count). The largest absolute Gasteiger partial charge is 0.493 e. The summed E-state index contributed by atoms with van der Waals surface area (Å²) in [7, 11) is 1.58. The molecule has 0 bridgehead atoms. The number of ether oxygens (including phenoxy) is 2. The summed E-state index contributed by atoms with van der Waals surface area (Å²) >= 11 is 0. The van der Waals surface area contributed by atoms with Gasteiger partial charge >= 0.3 is 0 Å². The van der Waals surface area contributed by atoms with Crippen LogP contribution in [0.5, 0.6) is 11.5 Å². The molecule has 0 aromatic heterocycles. The number of anilines is 1. The number of amides is 1. The van der Waals surface area contributed by atoms with Crippen molar-refractivity contribution in [2.24, 2.45) is 5.10 Å². The van der Waals surface area contributed by atoms with Gasteiger partial charge in [-0.1, -0.05) is 19.1 Å². The summed E-state index contributed by atoms with van der Waals surface area (Å²) in [6, 6.07) is 12.3. The Morgan fingerprint density at radius 1 is 1.25 bits per heavy atom. The smallest absolute Gasteiger partial charge is 0.273 e. The number of rotatable bonds is 7. The lowest BCUT2D eigenvalue weighted by atomic mass is 10.2. The number of benzene rings is 2. The molecule has 2 aromatic carbocycles. The van der Waals surface area contributed by atoms with Gasteiger partial charge < -0.3 is 15.2 Å². The molecule has 126 valence electrons. The fourth-order valence-corrected chi connectivity index (χ4v) is 2.03. The predicted octanol–water partition coefficient (Wildman–Crippen LogP) is 2.83. The molecule has 0 heterocycles. The van der Waals surface area contributed by atoms with Crippen LogP contribution in [-0.2, 0) is 0 Å². The number of carbonyl (C=O) groups excluding carboxylic acids is 1. The van der Waals surface area contributed by atoms with Gasteiger partial charge in [-0.15, -0.1) is 0 Å². The van der Waals surface area contributed by atoms with Gasteiger partial charge in [0.05, 0.1) is 25.5 Å². The number of methoxy groups -OCH3 is 1. The van der Waals surface area contributed by atoms with Gasteiger partial charge in [0.25, 0.3) is 5.91 Å². The summed E-state index contributed by atoms with van der Waals surface area (Å²) in [5, 5.41) is 3.95. The van der Waals surface area contributed by atoms with Crippen molar-refractivity contribution in [1.29, 1.82) is 0 Å². The number of para-hydroxylation sites is 1. The lowest BCUT2D eigenvalue weighted by molar-refractivity contribution is 0.0956. The van der Waals surface area contributed by atoms with Crippen LogP contribution in [0.3, 0.4) is 0 Å². The maximum absolute atomic E-state index is 12.0. The maximum atomic E-state index is 12.0. The molecular weight excluding hydrogens is 306 g/mol. The van der Waals surface area contributed by atoms with Crippen LogP contribution in [0.1, 0.15) is 29.3 Å². The first-order valence-electron chi connectivity index (χ1n) is 7.64. The highest BCUT2D eigenvalue weighted by Gasteiger charge is 2.07. The minimum Gasteiger partial charge on any atom is -0.493 e. The highest BCUT2D eigenvalue weighted by Crippen LogP contribution is 2.27. The van der Waals surface area contributed by atoms with Crippen molar-refractivity contribution < 1.29 is 14.3 Å². The van der Waals surface area contributed by atoms with Crippen molar-refractivity contribution in [3.8, 4) is 11.5 Å². The number of nitrogens with two attached hydrogens (primary N) is 1. The van der Waals surface area contributed by atoms with E-state index in [1.165, 1.54) is 6.21 Å². The monoisotopic (exact) mass is 327 g/mol. The van der Waals surface area contributed by atoms with Gasteiger partial charge in [-0.05, 0) is 42.3 Å². The van der Waals surface area contributed by atoms with Gasteiger partial charge in [-0.3, -0.25) is 4.79 Å². The average molecular weight is 327 g/mol. The third-order valence-corrected chi connectivity index (χ3v) is 3.23. The maximum Gasteiger partial charge on any atom is 0.273 e. The van der Waals surface area contributed by atoms with E-state index in [2.05, 4.69) is 10.5 Å². The molecule has 0 saturated heterocycles. The second-order valence-corrected chi connectivity index (χ2v) is 5.05. The first kappa shape index (κ1) is 17.3. The van der Waals surface area contributed by atoms with Gasteiger partial charge in [0, 0.05) is 5.69 Å². The number of carbonyl (C=O) groups is 1. The molecular formula is C18H21N3O3. The summed E-state index contributed by atoms with van der Waals surface area (Å²) in [5.41, 5.74) is 9.78. The Bertz CT molecular complexity index is 729. The Kier molecular flexibility index (Phi) is 6.19. The SMILES string of the molecule is CCCOc1ccc(/C=N/NC(=O)c2ccccc2N)cc1OC. The number of hydrazone groups is 1. The molecule has 1 amide bonds. The van der Waals surface area contributed by atoms with Gasteiger partial charge in [-0.25, -0.2) is 5.43 Å². The van der Waals surface area contributed by atoms with Crippen molar-refractivity contribution in [2.45, 2.75) is 13.3 Å². The first-order valence-corrected chi connectivity index (χ1v) is 7.64. The topological polar surface area (TPSA) is 85.9 Å². The first-order chi connectivity index (χ1) is 11.7. The van der Waals surface area contributed by atoms with Crippen LogP contribution in [0.4, 0.5) is 5.69 Å². The standard InChI is InChI=1S/C18H21N3O3/c1-3-10-24-16-9-8-13(11-17(16)23-2)12-20-21-18(22)14-6-4-5-7-15(14)19/h4-9,11-12H,3,10,19H2,1-2H3,(H,21,22)/b20-12+. The predicted molar refractivity (Wildman–Crippen MR) is 94.7 cm³/mol. The van der Waals surface area contributed by atoms with Gasteiger partial charge in [0.2, 0.25) is 0 Å². The molecule has 0 spiro atoms. The zero-order chi connectivity index (χ0) is 17.4. The molecule has 2 aromatic rings. The number of hydrogen-bond acceptors (Lipinski definition) is 5. The van der Waals surface area contributed by atoms with Crippen LogP contribution in [0, 0.1) is 0 Å². The highest BCUT2D eigenvalue weighted by molar-refractivity contribution is 5.99. The second-order valence-electron chi connectivity index (χ2n) is 5.05. The van der Waals surface area contributed by atoms with Crippen molar-refractivity contribution >= 4 is 17.8 Å². The van der Waals surface area contributed by atoms with Gasteiger partial charge in [0.1, 0.15) is 0 Å². The molecule has 0 atom stereocenters. The molecule has 0 aliphatic rings. The summed E-state index contributed by atoms with van der Waals surface area (Å²) in [4.78, 5) is 12.0. The van der Waals surface area contributed by atoms with Crippen molar-refractivity contribution in [3.05, 3.63) is 53.6 Å². The normalized spacial score (nSPS) is 10.6. The summed E-state index contributed by atoms with van der Waals surface area (Å²) in [6.45, 7) is 2.66. The van der Waals surface area contributed by atoms with E-state index >= 15 is 0 Å². The van der Waals surface area contributed by atoms with Crippen LogP contribution >= 0.6 is 0 Å². The molecule has 6 nitrogen and oxygen atoms in total. The zero-order valence-corrected chi connectivity index (χ0v) is 13.8. The van der Waals surface area contributed by atoms with Crippen molar-refractivity contribution in [1.82, 2.24) is 5.43 Å². The molecule has 0 aliphatic carbocycles. The molecule has 0 aliphatic heterocycles. The summed E-state index contributed by atoms with van der Waals surface area (Å²) < 4.78 is 10.9. The Hall–Kier alpha value is -3.02. The van der Waals surface area contributed by atoms with E-state index in [1.54, 1.807) is 37.4 Å². The van der Waals surface area contributed by atoms with Gasteiger partial charge in [-0.2, -0.15) is 5.10 Å². The number of hydrogen-bond donors (Lipinski definition) is 2. The van der Waals surface area contributed by atoms with Crippen LogP contribution in [-0.4, -0.2) is 25.8 Å². The molecule has 24 heavy (non-hydrogen) atoms. The second kappa shape index (κ2) is 8.57. The minimum absolute atomic E-state index is 0.362. The molecule has 3 N–H and O–H groups in total. The number of nitrogens with zero attached hydrogens (tertiary/aromatic N) is 1. The third-order valence-electron chi connectivity index (χ3n) is 3.23. The quantitative estimate of drug-likeness (QED) is 0.465. The van der Waals surface area contributed by atoms with Crippen molar-refractivity contribution in [2.75, 3.05) is 19.5 Å². The van der Waals surface area contributed by atoms with E-state index in [0.717, 1.165) is 12.0 Å². The molecule has 0 saturated carbocycles. The fraction of sp³-hybridized carbons (Fsp3) is 0.222. The highest BCUT2D eigenvalue weighted by atomic mass is 16.5. The molecule has 6 heteroatoms. The van der Waals surface area contributed by atoms with Crippen LogP contribution in [0.2, 0.25) is 0 Å². The van der Waals surface area contributed by atoms with Crippen molar-refractivity contribution in [3.63, 3.8) is 0 Å². The van der Waals surface area contributed by atoms with E-state index in [-0.39, 0.29) is 5.91 Å². The molecule has 0 unspecified atom stereocenters. The fourth-order valence-electron chi connectivity index (χ4n) is 2.03. The average Bonchev–Trinajstić information content (AvgIpc) is 2.60. The Morgan fingerprint density at radius 2 is 2.04 bits per heavy atom. The van der Waals surface area contributed by atoms with Crippen LogP contribution < -0.4 is 20.6 Å².